The van der Waals surface area contributed by atoms with Gasteiger partial charge in [0.15, 0.2) is 0 Å². The third kappa shape index (κ3) is 2.62. The minimum absolute atomic E-state index is 0.0797. The smallest absolute Gasteiger partial charge is 0.253 e. The van der Waals surface area contributed by atoms with Gasteiger partial charge in [-0.3, -0.25) is 4.79 Å². The summed E-state index contributed by atoms with van der Waals surface area (Å²) in [6, 6.07) is 15.5. The van der Waals surface area contributed by atoms with Gasteiger partial charge in [-0.05, 0) is 42.3 Å². The van der Waals surface area contributed by atoms with Gasteiger partial charge in [-0.2, -0.15) is 0 Å². The predicted molar refractivity (Wildman–Crippen MR) is 93.1 cm³/mol. The van der Waals surface area contributed by atoms with Crippen LogP contribution in [-0.4, -0.2) is 28.9 Å². The zero-order valence-electron chi connectivity index (χ0n) is 12.7. The second-order valence-electron chi connectivity index (χ2n) is 5.93. The Bertz CT molecular complexity index is 867. The number of para-hydroxylation sites is 1. The fraction of sp³-hybridized carbons (Fsp3) is 0.211. The number of nitrogens with zero attached hydrogens (tertiary/aromatic N) is 1. The number of benzene rings is 2. The highest BCUT2D eigenvalue weighted by Crippen LogP contribution is 2.26. The first-order chi connectivity index (χ1) is 11.2. The van der Waals surface area contributed by atoms with E-state index in [1.54, 1.807) is 24.3 Å². The van der Waals surface area contributed by atoms with E-state index < -0.39 is 0 Å². The molecule has 2 heterocycles. The SMILES string of the molecule is O=C(c1ccc(Cl)cc1)N1CCc2[nH]c3ccccc3c2CC1. The third-order valence-electron chi connectivity index (χ3n) is 4.54. The van der Waals surface area contributed by atoms with Crippen molar-refractivity contribution in [2.24, 2.45) is 0 Å². The Morgan fingerprint density at radius 1 is 1.00 bits per heavy atom. The molecular formula is C19H17ClN2O. The van der Waals surface area contributed by atoms with Crippen molar-refractivity contribution >= 4 is 28.4 Å². The summed E-state index contributed by atoms with van der Waals surface area (Å²) < 4.78 is 0. The average Bonchev–Trinajstić information content (AvgIpc) is 2.79. The Hall–Kier alpha value is -2.26. The van der Waals surface area contributed by atoms with E-state index in [-0.39, 0.29) is 5.91 Å². The molecule has 4 heteroatoms. The predicted octanol–water partition coefficient (Wildman–Crippen LogP) is 4.06. The van der Waals surface area contributed by atoms with Crippen LogP contribution in [0.5, 0.6) is 0 Å². The van der Waals surface area contributed by atoms with Gasteiger partial charge in [0, 0.05) is 46.7 Å². The van der Waals surface area contributed by atoms with Crippen LogP contribution in [0.15, 0.2) is 48.5 Å². The lowest BCUT2D eigenvalue weighted by atomic mass is 10.1. The normalized spacial score (nSPS) is 14.6. The van der Waals surface area contributed by atoms with Gasteiger partial charge in [0.2, 0.25) is 0 Å². The van der Waals surface area contributed by atoms with E-state index >= 15 is 0 Å². The molecule has 1 aliphatic rings. The van der Waals surface area contributed by atoms with Crippen LogP contribution in [0.2, 0.25) is 5.02 Å². The molecule has 1 N–H and O–H groups in total. The molecule has 1 aliphatic heterocycles. The number of hydrogen-bond acceptors (Lipinski definition) is 1. The van der Waals surface area contributed by atoms with E-state index in [1.165, 1.54) is 22.2 Å². The number of carbonyl (C=O) groups is 1. The zero-order valence-corrected chi connectivity index (χ0v) is 13.4. The Morgan fingerprint density at radius 2 is 1.74 bits per heavy atom. The molecule has 0 saturated heterocycles. The molecule has 0 radical (unpaired) electrons. The summed E-state index contributed by atoms with van der Waals surface area (Å²) in [5.74, 6) is 0.0797. The van der Waals surface area contributed by atoms with Gasteiger partial charge in [-0.1, -0.05) is 29.8 Å². The Balaban J connectivity index is 1.58. The molecule has 0 saturated carbocycles. The number of hydrogen-bond donors (Lipinski definition) is 1. The van der Waals surface area contributed by atoms with Crippen LogP contribution < -0.4 is 0 Å². The quantitative estimate of drug-likeness (QED) is 0.720. The highest BCUT2D eigenvalue weighted by atomic mass is 35.5. The second-order valence-corrected chi connectivity index (χ2v) is 6.36. The van der Waals surface area contributed by atoms with Crippen LogP contribution >= 0.6 is 11.6 Å². The lowest BCUT2D eigenvalue weighted by molar-refractivity contribution is 0.0763. The van der Waals surface area contributed by atoms with Crippen LogP contribution in [-0.2, 0) is 12.8 Å². The molecule has 0 unspecified atom stereocenters. The number of fused-ring (bicyclic) bond motifs is 3. The number of halogens is 1. The van der Waals surface area contributed by atoms with E-state index in [0.717, 1.165) is 25.9 Å². The van der Waals surface area contributed by atoms with Crippen molar-refractivity contribution in [3.8, 4) is 0 Å². The van der Waals surface area contributed by atoms with Crippen LogP contribution in [0.3, 0.4) is 0 Å². The number of H-pyrrole nitrogens is 1. The molecular weight excluding hydrogens is 308 g/mol. The molecule has 0 atom stereocenters. The topological polar surface area (TPSA) is 36.1 Å². The van der Waals surface area contributed by atoms with Crippen molar-refractivity contribution < 1.29 is 4.79 Å². The largest absolute Gasteiger partial charge is 0.358 e. The molecule has 2 aromatic carbocycles. The molecule has 1 amide bonds. The van der Waals surface area contributed by atoms with Gasteiger partial charge >= 0.3 is 0 Å². The van der Waals surface area contributed by atoms with Gasteiger partial charge in [0.1, 0.15) is 0 Å². The van der Waals surface area contributed by atoms with E-state index in [2.05, 4.69) is 29.2 Å². The summed E-state index contributed by atoms with van der Waals surface area (Å²) in [7, 11) is 0. The van der Waals surface area contributed by atoms with E-state index in [0.29, 0.717) is 10.6 Å². The summed E-state index contributed by atoms with van der Waals surface area (Å²) in [6.45, 7) is 1.48. The zero-order chi connectivity index (χ0) is 15.8. The number of aromatic nitrogens is 1. The maximum atomic E-state index is 12.7. The van der Waals surface area contributed by atoms with Crippen LogP contribution in [0.4, 0.5) is 0 Å². The fourth-order valence-corrected chi connectivity index (χ4v) is 3.46. The van der Waals surface area contributed by atoms with E-state index in [9.17, 15) is 4.79 Å². The molecule has 1 aromatic heterocycles. The highest BCUT2D eigenvalue weighted by molar-refractivity contribution is 6.30. The number of rotatable bonds is 1. The average molecular weight is 325 g/mol. The van der Waals surface area contributed by atoms with Crippen molar-refractivity contribution in [3.05, 3.63) is 70.4 Å². The lowest BCUT2D eigenvalue weighted by Crippen LogP contribution is -2.33. The third-order valence-corrected chi connectivity index (χ3v) is 4.80. The minimum Gasteiger partial charge on any atom is -0.358 e. The van der Waals surface area contributed by atoms with Gasteiger partial charge in [-0.25, -0.2) is 0 Å². The van der Waals surface area contributed by atoms with Crippen molar-refractivity contribution in [2.45, 2.75) is 12.8 Å². The molecule has 116 valence electrons. The number of carbonyl (C=O) groups excluding carboxylic acids is 1. The summed E-state index contributed by atoms with van der Waals surface area (Å²) >= 11 is 5.90. The molecule has 0 bridgehead atoms. The maximum Gasteiger partial charge on any atom is 0.253 e. The van der Waals surface area contributed by atoms with Crippen molar-refractivity contribution in [1.29, 1.82) is 0 Å². The summed E-state index contributed by atoms with van der Waals surface area (Å²) in [4.78, 5) is 18.1. The van der Waals surface area contributed by atoms with E-state index in [4.69, 9.17) is 11.6 Å². The van der Waals surface area contributed by atoms with Gasteiger partial charge < -0.3 is 9.88 Å². The Labute approximate surface area is 139 Å². The van der Waals surface area contributed by atoms with Crippen molar-refractivity contribution in [2.75, 3.05) is 13.1 Å². The molecule has 3 nitrogen and oxygen atoms in total. The van der Waals surface area contributed by atoms with Crippen LogP contribution in [0.1, 0.15) is 21.6 Å². The first-order valence-corrected chi connectivity index (χ1v) is 8.23. The van der Waals surface area contributed by atoms with Crippen LogP contribution in [0, 0.1) is 0 Å². The number of nitrogens with one attached hydrogen (secondary N) is 1. The molecule has 4 rings (SSSR count). The Kier molecular flexibility index (Phi) is 3.58. The van der Waals surface area contributed by atoms with Crippen molar-refractivity contribution in [1.82, 2.24) is 9.88 Å². The second kappa shape index (κ2) is 5.74. The monoisotopic (exact) mass is 324 g/mol. The van der Waals surface area contributed by atoms with Crippen molar-refractivity contribution in [3.63, 3.8) is 0 Å². The number of aromatic amines is 1. The van der Waals surface area contributed by atoms with Crippen LogP contribution in [0.25, 0.3) is 10.9 Å². The molecule has 3 aromatic rings. The van der Waals surface area contributed by atoms with Gasteiger partial charge in [0.05, 0.1) is 0 Å². The van der Waals surface area contributed by atoms with Gasteiger partial charge in [0.25, 0.3) is 5.91 Å². The van der Waals surface area contributed by atoms with E-state index in [1.807, 2.05) is 4.90 Å². The highest BCUT2D eigenvalue weighted by Gasteiger charge is 2.22. The summed E-state index contributed by atoms with van der Waals surface area (Å²) in [6.07, 6.45) is 1.75. The molecule has 0 fully saturated rings. The maximum absolute atomic E-state index is 12.7. The summed E-state index contributed by atoms with van der Waals surface area (Å²) in [5.41, 5.74) is 4.50. The van der Waals surface area contributed by atoms with Gasteiger partial charge in [-0.15, -0.1) is 0 Å². The Morgan fingerprint density at radius 3 is 2.57 bits per heavy atom. The molecule has 0 spiro atoms. The first-order valence-electron chi connectivity index (χ1n) is 7.85. The molecule has 23 heavy (non-hydrogen) atoms. The fourth-order valence-electron chi connectivity index (χ4n) is 3.34. The minimum atomic E-state index is 0.0797. The molecule has 0 aliphatic carbocycles. The number of amides is 1. The summed E-state index contributed by atoms with van der Waals surface area (Å²) in [5, 5.41) is 1.93. The first kappa shape index (κ1) is 14.3. The standard InChI is InChI=1S/C19H17ClN2O/c20-14-7-5-13(6-8-14)19(23)22-11-9-16-15-3-1-2-4-17(15)21-18(16)10-12-22/h1-8,21H,9-12H2. The lowest BCUT2D eigenvalue weighted by Gasteiger charge is -2.20.